The second-order valence-electron chi connectivity index (χ2n) is 4.61. The molecular formula is C14H23N5O. The zero-order chi connectivity index (χ0) is 15.0. The minimum absolute atomic E-state index is 0.441. The number of anilines is 2. The predicted molar refractivity (Wildman–Crippen MR) is 79.5 cm³/mol. The first-order valence-corrected chi connectivity index (χ1v) is 6.87. The lowest BCUT2D eigenvalue weighted by atomic mass is 10.2. The van der Waals surface area contributed by atoms with Crippen LogP contribution in [0.15, 0.2) is 0 Å². The summed E-state index contributed by atoms with van der Waals surface area (Å²) in [6.07, 6.45) is 2.21. The molecule has 20 heavy (non-hydrogen) atoms. The summed E-state index contributed by atoms with van der Waals surface area (Å²) in [5.41, 5.74) is 6.83. The molecule has 1 heterocycles. The molecule has 0 bridgehead atoms. The van der Waals surface area contributed by atoms with E-state index in [9.17, 15) is 0 Å². The van der Waals surface area contributed by atoms with Crippen molar-refractivity contribution in [1.29, 1.82) is 5.26 Å². The van der Waals surface area contributed by atoms with E-state index < -0.39 is 0 Å². The van der Waals surface area contributed by atoms with Crippen molar-refractivity contribution in [1.82, 2.24) is 9.97 Å². The number of aromatic nitrogens is 2. The Balaban J connectivity index is 3.06. The Morgan fingerprint density at radius 3 is 2.70 bits per heavy atom. The topological polar surface area (TPSA) is 88.1 Å². The van der Waals surface area contributed by atoms with Crippen LogP contribution in [0.4, 0.5) is 11.6 Å². The number of aryl methyl sites for hydroxylation is 1. The monoisotopic (exact) mass is 277 g/mol. The maximum absolute atomic E-state index is 8.78. The largest absolute Gasteiger partial charge is 0.383 e. The van der Waals surface area contributed by atoms with Gasteiger partial charge in [-0.25, -0.2) is 9.97 Å². The number of nitrogens with zero attached hydrogens (tertiary/aromatic N) is 4. The minimum Gasteiger partial charge on any atom is -0.383 e. The van der Waals surface area contributed by atoms with Gasteiger partial charge < -0.3 is 15.4 Å². The third-order valence-electron chi connectivity index (χ3n) is 3.04. The lowest BCUT2D eigenvalue weighted by molar-refractivity contribution is 0.205. The summed E-state index contributed by atoms with van der Waals surface area (Å²) < 4.78 is 5.12. The van der Waals surface area contributed by atoms with Gasteiger partial charge in [0.05, 0.1) is 19.1 Å². The molecule has 0 aliphatic rings. The average Bonchev–Trinajstić information content (AvgIpc) is 2.43. The maximum atomic E-state index is 8.78. The van der Waals surface area contributed by atoms with Crippen LogP contribution in [0.3, 0.4) is 0 Å². The molecule has 0 unspecified atom stereocenters. The van der Waals surface area contributed by atoms with Crippen molar-refractivity contribution < 1.29 is 4.74 Å². The number of nitriles is 1. The minimum atomic E-state index is 0.441. The Hall–Kier alpha value is -1.87. The molecule has 0 saturated carbocycles. The second-order valence-corrected chi connectivity index (χ2v) is 4.61. The Morgan fingerprint density at radius 1 is 1.35 bits per heavy atom. The second kappa shape index (κ2) is 8.33. The maximum Gasteiger partial charge on any atom is 0.137 e. The molecule has 2 N–H and O–H groups in total. The number of ether oxygens (including phenoxy) is 1. The lowest BCUT2D eigenvalue weighted by Crippen LogP contribution is -2.30. The molecule has 6 nitrogen and oxygen atoms in total. The molecule has 0 amide bonds. The number of nitrogens with two attached hydrogens (primary N) is 1. The van der Waals surface area contributed by atoms with Crippen molar-refractivity contribution in [3.63, 3.8) is 0 Å². The number of hydrogen-bond acceptors (Lipinski definition) is 6. The molecule has 0 atom stereocenters. The molecule has 6 heteroatoms. The summed E-state index contributed by atoms with van der Waals surface area (Å²) >= 11 is 0. The van der Waals surface area contributed by atoms with Gasteiger partial charge in [0.25, 0.3) is 0 Å². The van der Waals surface area contributed by atoms with Gasteiger partial charge in [-0.05, 0) is 13.3 Å². The van der Waals surface area contributed by atoms with Crippen molar-refractivity contribution in [3.8, 4) is 6.07 Å². The fourth-order valence-electron chi connectivity index (χ4n) is 1.92. The third kappa shape index (κ3) is 4.35. The highest BCUT2D eigenvalue weighted by atomic mass is 16.5. The van der Waals surface area contributed by atoms with Gasteiger partial charge in [-0.2, -0.15) is 5.26 Å². The van der Waals surface area contributed by atoms with Gasteiger partial charge in [0.1, 0.15) is 17.5 Å². The lowest BCUT2D eigenvalue weighted by Gasteiger charge is -2.25. The SMILES string of the molecule is CCCc1nc(N)c(C)c(N(CCC#N)CCOC)n1. The van der Waals surface area contributed by atoms with Crippen LogP contribution in [-0.4, -0.2) is 36.8 Å². The van der Waals surface area contributed by atoms with Gasteiger partial charge >= 0.3 is 0 Å². The molecule has 0 radical (unpaired) electrons. The highest BCUT2D eigenvalue weighted by molar-refractivity contribution is 5.56. The Bertz CT molecular complexity index is 469. The zero-order valence-electron chi connectivity index (χ0n) is 12.5. The van der Waals surface area contributed by atoms with Crippen molar-refractivity contribution in [2.24, 2.45) is 0 Å². The standard InChI is InChI=1S/C14H23N5O/c1-4-6-12-17-13(16)11(2)14(18-12)19(8-5-7-15)9-10-20-3/h4-6,8-10H2,1-3H3,(H2,16,17,18). The van der Waals surface area contributed by atoms with Crippen molar-refractivity contribution >= 4 is 11.6 Å². The highest BCUT2D eigenvalue weighted by Gasteiger charge is 2.15. The molecule has 1 aromatic heterocycles. The number of rotatable bonds is 8. The smallest absolute Gasteiger partial charge is 0.137 e. The summed E-state index contributed by atoms with van der Waals surface area (Å²) in [5, 5.41) is 8.78. The van der Waals surface area contributed by atoms with Crippen LogP contribution >= 0.6 is 0 Å². The first-order chi connectivity index (χ1) is 9.63. The van der Waals surface area contributed by atoms with E-state index in [0.29, 0.717) is 31.9 Å². The zero-order valence-corrected chi connectivity index (χ0v) is 12.5. The van der Waals surface area contributed by atoms with E-state index in [0.717, 1.165) is 30.0 Å². The fourth-order valence-corrected chi connectivity index (χ4v) is 1.92. The van der Waals surface area contributed by atoms with Gasteiger partial charge in [0.2, 0.25) is 0 Å². The first-order valence-electron chi connectivity index (χ1n) is 6.87. The highest BCUT2D eigenvalue weighted by Crippen LogP contribution is 2.22. The van der Waals surface area contributed by atoms with Gasteiger partial charge in [-0.1, -0.05) is 6.92 Å². The summed E-state index contributed by atoms with van der Waals surface area (Å²) in [6.45, 7) is 5.87. The van der Waals surface area contributed by atoms with E-state index in [-0.39, 0.29) is 0 Å². The molecular weight excluding hydrogens is 254 g/mol. The third-order valence-corrected chi connectivity index (χ3v) is 3.04. The van der Waals surface area contributed by atoms with Crippen molar-refractivity contribution in [3.05, 3.63) is 11.4 Å². The molecule has 0 aliphatic heterocycles. The van der Waals surface area contributed by atoms with Crippen LogP contribution < -0.4 is 10.6 Å². The molecule has 1 rings (SSSR count). The van der Waals surface area contributed by atoms with Gasteiger partial charge in [-0.3, -0.25) is 0 Å². The van der Waals surface area contributed by atoms with Crippen LogP contribution in [0.2, 0.25) is 0 Å². The van der Waals surface area contributed by atoms with Crippen molar-refractivity contribution in [2.75, 3.05) is 37.4 Å². The molecule has 0 spiro atoms. The normalized spacial score (nSPS) is 10.3. The molecule has 0 aromatic carbocycles. The van der Waals surface area contributed by atoms with E-state index in [1.54, 1.807) is 7.11 Å². The van der Waals surface area contributed by atoms with Gasteiger partial charge in [0, 0.05) is 32.2 Å². The quantitative estimate of drug-likeness (QED) is 0.778. The number of methoxy groups -OCH3 is 1. The number of hydrogen-bond donors (Lipinski definition) is 1. The van der Waals surface area contributed by atoms with E-state index in [2.05, 4.69) is 23.0 Å². The van der Waals surface area contributed by atoms with Crippen molar-refractivity contribution in [2.45, 2.75) is 33.1 Å². The summed E-state index contributed by atoms with van der Waals surface area (Å²) in [6, 6.07) is 2.16. The Kier molecular flexibility index (Phi) is 6.74. The summed E-state index contributed by atoms with van der Waals surface area (Å²) in [7, 11) is 1.66. The number of nitrogen functional groups attached to an aromatic ring is 1. The van der Waals surface area contributed by atoms with Crippen LogP contribution in [0.5, 0.6) is 0 Å². The van der Waals surface area contributed by atoms with E-state index in [1.807, 2.05) is 11.8 Å². The molecule has 0 saturated heterocycles. The fraction of sp³-hybridized carbons (Fsp3) is 0.643. The van der Waals surface area contributed by atoms with Gasteiger partial charge in [0.15, 0.2) is 0 Å². The van der Waals surface area contributed by atoms with Crippen LogP contribution in [-0.2, 0) is 11.2 Å². The summed E-state index contributed by atoms with van der Waals surface area (Å²) in [4.78, 5) is 10.9. The predicted octanol–water partition coefficient (Wildman–Crippen LogP) is 1.69. The van der Waals surface area contributed by atoms with E-state index in [1.165, 1.54) is 0 Å². The van der Waals surface area contributed by atoms with Gasteiger partial charge in [-0.15, -0.1) is 0 Å². The Morgan fingerprint density at radius 2 is 2.10 bits per heavy atom. The van der Waals surface area contributed by atoms with Crippen LogP contribution in [0.25, 0.3) is 0 Å². The van der Waals surface area contributed by atoms with E-state index >= 15 is 0 Å². The molecule has 110 valence electrons. The molecule has 0 aliphatic carbocycles. The molecule has 0 fully saturated rings. The first kappa shape index (κ1) is 16.2. The van der Waals surface area contributed by atoms with E-state index in [4.69, 9.17) is 15.7 Å². The van der Waals surface area contributed by atoms with Crippen LogP contribution in [0, 0.1) is 18.3 Å². The average molecular weight is 277 g/mol. The molecule has 1 aromatic rings. The summed E-state index contributed by atoms with van der Waals surface area (Å²) in [5.74, 6) is 2.08. The van der Waals surface area contributed by atoms with Crippen LogP contribution in [0.1, 0.15) is 31.2 Å². The Labute approximate surface area is 120 Å².